The van der Waals surface area contributed by atoms with Crippen molar-refractivity contribution in [3.05, 3.63) is 51.6 Å². The Morgan fingerprint density at radius 3 is 2.21 bits per heavy atom. The fraction of sp³-hybridized carbons (Fsp3) is 0.286. The maximum Gasteiger partial charge on any atom is -1.00 e. The number of benzene rings is 1. The van der Waals surface area contributed by atoms with Gasteiger partial charge in [0.2, 0.25) is 0 Å². The third-order valence-corrected chi connectivity index (χ3v) is 7.98. The number of hydrogen-bond donors (Lipinski definition) is 0. The van der Waals surface area contributed by atoms with Gasteiger partial charge in [-0.2, -0.15) is 0 Å². The molecule has 0 amide bonds. The van der Waals surface area contributed by atoms with E-state index in [1.54, 1.807) is 14.3 Å². The van der Waals surface area contributed by atoms with E-state index in [0.29, 0.717) is 0 Å². The Kier molecular flexibility index (Phi) is 12.8. The fourth-order valence-electron chi connectivity index (χ4n) is 2.32. The molecule has 0 saturated heterocycles. The molecule has 0 aromatic heterocycles. The van der Waals surface area contributed by atoms with Gasteiger partial charge in [-0.25, -0.2) is 0 Å². The Morgan fingerprint density at radius 1 is 1.11 bits per heavy atom. The van der Waals surface area contributed by atoms with Crippen LogP contribution < -0.4 is 42.4 Å². The molecule has 1 aliphatic rings. The molecule has 102 valence electrons. The van der Waals surface area contributed by atoms with Crippen LogP contribution in [0.15, 0.2) is 51.6 Å². The van der Waals surface area contributed by atoms with Gasteiger partial charge in [0.25, 0.3) is 0 Å². The second-order valence-electron chi connectivity index (χ2n) is 4.29. The average molecular weight is 368 g/mol. The molecule has 0 aliphatic heterocycles. The molecule has 1 unspecified atom stereocenters. The normalized spacial score (nSPS) is 14.3. The molecule has 5 heteroatoms. The molecule has 0 nitrogen and oxygen atoms in total. The number of allylic oxidation sites excluding steroid dienone is 4. The van der Waals surface area contributed by atoms with Crippen LogP contribution in [0.25, 0.3) is 0 Å². The van der Waals surface area contributed by atoms with Crippen molar-refractivity contribution >= 4 is 14.0 Å². The molecular weight excluding hydrogens is 350 g/mol. The minimum absolute atomic E-state index is 0. The second-order valence-corrected chi connectivity index (χ2v) is 8.21. The summed E-state index contributed by atoms with van der Waals surface area (Å²) < 4.78 is 1.61. The van der Waals surface area contributed by atoms with Crippen LogP contribution in [0.3, 0.4) is 0 Å². The first-order valence-electron chi connectivity index (χ1n) is 5.99. The van der Waals surface area contributed by atoms with Crippen LogP contribution in [0.4, 0.5) is 0 Å². The van der Waals surface area contributed by atoms with Crippen molar-refractivity contribution in [2.75, 3.05) is 0 Å². The van der Waals surface area contributed by atoms with Gasteiger partial charge in [0.15, 0.2) is 0 Å². The van der Waals surface area contributed by atoms with E-state index < -0.39 is 8.80 Å². The molecule has 2 rings (SSSR count). The molecule has 0 spiro atoms. The van der Waals surface area contributed by atoms with Gasteiger partial charge >= 0.3 is 112 Å². The smallest absolute Gasteiger partial charge is 1.00 e. The van der Waals surface area contributed by atoms with Gasteiger partial charge in [-0.15, -0.1) is 0 Å². The van der Waals surface area contributed by atoms with E-state index in [4.69, 9.17) is 0 Å². The maximum atomic E-state index is 2.38. The number of hydrogen-bond acceptors (Lipinski definition) is 0. The second kappa shape index (κ2) is 11.2. The average Bonchev–Trinajstić information content (AvgIpc) is 2.73. The van der Waals surface area contributed by atoms with Crippen LogP contribution in [0.5, 0.6) is 0 Å². The van der Waals surface area contributed by atoms with E-state index in [-0.39, 0.29) is 37.2 Å². The summed E-state index contributed by atoms with van der Waals surface area (Å²) >= 11 is 2.30. The summed E-state index contributed by atoms with van der Waals surface area (Å²) in [7, 11) is -0.910. The van der Waals surface area contributed by atoms with Gasteiger partial charge < -0.3 is 37.2 Å². The predicted octanol–water partition coefficient (Wildman–Crippen LogP) is -6.16. The van der Waals surface area contributed by atoms with Crippen molar-refractivity contribution in [1.82, 2.24) is 0 Å². The Morgan fingerprint density at radius 2 is 1.74 bits per heavy atom. The summed E-state index contributed by atoms with van der Waals surface area (Å²) in [5.74, 6) is 0. The molecular formula is C14H17Cl3SiTi. The summed E-state index contributed by atoms with van der Waals surface area (Å²) in [6.45, 7) is 2.30. The first-order chi connectivity index (χ1) is 7.83. The van der Waals surface area contributed by atoms with E-state index >= 15 is 0 Å². The van der Waals surface area contributed by atoms with Gasteiger partial charge in [-0.3, -0.25) is 0 Å². The zero-order valence-corrected chi connectivity index (χ0v) is 15.9. The van der Waals surface area contributed by atoms with Gasteiger partial charge in [0.05, 0.1) is 0 Å². The summed E-state index contributed by atoms with van der Waals surface area (Å²) in [6, 6.07) is 12.5. The van der Waals surface area contributed by atoms with Crippen LogP contribution in [0, 0.1) is 0 Å². The van der Waals surface area contributed by atoms with E-state index in [2.05, 4.69) is 69.8 Å². The minimum atomic E-state index is -0.910. The van der Waals surface area contributed by atoms with Crippen molar-refractivity contribution in [3.63, 3.8) is 0 Å². The fourth-order valence-corrected chi connectivity index (χ4v) is 6.63. The van der Waals surface area contributed by atoms with Crippen molar-refractivity contribution < 1.29 is 57.7 Å². The Bertz CT molecular complexity index is 418. The standard InChI is InChI=1S/C14H17Si.3ClH.Ti/c1-2-12-15(14-10-6-7-11-14)13-8-4-3-5-9-13;;;;/h3-6,8-10,15H,2,7,12H2,1H3;3*1H;/q;;;;+3/p-3. The largest absolute Gasteiger partial charge is 1.00 e. The molecule has 19 heavy (non-hydrogen) atoms. The SMILES string of the molecule is CCC[SiH](C1=[C]([Ti+3])CC=C1)c1ccccc1.[Cl-].[Cl-].[Cl-]. The third-order valence-electron chi connectivity index (χ3n) is 3.12. The molecule has 0 N–H and O–H groups in total. The van der Waals surface area contributed by atoms with E-state index in [1.165, 1.54) is 18.9 Å². The maximum absolute atomic E-state index is 2.38. The first kappa shape index (κ1) is 21.8. The molecule has 1 aromatic rings. The first-order valence-corrected chi connectivity index (χ1v) is 8.74. The monoisotopic (exact) mass is 366 g/mol. The van der Waals surface area contributed by atoms with Crippen LogP contribution in [-0.4, -0.2) is 8.80 Å². The van der Waals surface area contributed by atoms with Crippen LogP contribution in [0.2, 0.25) is 6.04 Å². The zero-order valence-electron chi connectivity index (χ0n) is 10.9. The van der Waals surface area contributed by atoms with Crippen LogP contribution in [0.1, 0.15) is 19.8 Å². The molecule has 0 saturated carbocycles. The third kappa shape index (κ3) is 5.79. The summed E-state index contributed by atoms with van der Waals surface area (Å²) in [6.07, 6.45) is 7.18. The van der Waals surface area contributed by atoms with Gasteiger partial charge in [0.1, 0.15) is 0 Å². The molecule has 0 heterocycles. The molecule has 0 bridgehead atoms. The van der Waals surface area contributed by atoms with E-state index in [0.717, 1.165) is 0 Å². The zero-order chi connectivity index (χ0) is 11.4. The van der Waals surface area contributed by atoms with Crippen molar-refractivity contribution in [2.24, 2.45) is 0 Å². The van der Waals surface area contributed by atoms with Crippen molar-refractivity contribution in [1.29, 1.82) is 0 Å². The Hall–Kier alpha value is 0.501. The van der Waals surface area contributed by atoms with E-state index in [1.807, 2.05) is 0 Å². The van der Waals surface area contributed by atoms with Crippen molar-refractivity contribution in [2.45, 2.75) is 25.8 Å². The van der Waals surface area contributed by atoms with Crippen LogP contribution in [-0.2, 0) is 20.4 Å². The molecule has 0 fully saturated rings. The topological polar surface area (TPSA) is 0 Å². The van der Waals surface area contributed by atoms with E-state index in [9.17, 15) is 0 Å². The number of rotatable bonds is 4. The molecule has 1 aliphatic carbocycles. The summed E-state index contributed by atoms with van der Waals surface area (Å²) in [4.78, 5) is 0. The molecule has 1 aromatic carbocycles. The summed E-state index contributed by atoms with van der Waals surface area (Å²) in [5, 5.41) is 3.29. The van der Waals surface area contributed by atoms with Crippen LogP contribution >= 0.6 is 0 Å². The number of halogens is 3. The quantitative estimate of drug-likeness (QED) is 0.465. The van der Waals surface area contributed by atoms with Gasteiger partial charge in [-0.1, -0.05) is 0 Å². The Labute approximate surface area is 148 Å². The molecule has 1 atom stereocenters. The minimum Gasteiger partial charge on any atom is -1.00 e. The predicted molar refractivity (Wildman–Crippen MR) is 69.1 cm³/mol. The molecule has 0 radical (unpaired) electrons. The van der Waals surface area contributed by atoms with Crippen molar-refractivity contribution in [3.8, 4) is 0 Å². The van der Waals surface area contributed by atoms with Gasteiger partial charge in [-0.05, 0) is 0 Å². The Balaban J connectivity index is 0. The van der Waals surface area contributed by atoms with Gasteiger partial charge in [0, 0.05) is 0 Å². The summed E-state index contributed by atoms with van der Waals surface area (Å²) in [5.41, 5.74) is 0.